The fourth-order valence-electron chi connectivity index (χ4n) is 4.02. The van der Waals surface area contributed by atoms with Crippen molar-refractivity contribution >= 4 is 33.3 Å². The number of aryl methyl sites for hydroxylation is 2. The molecule has 0 bridgehead atoms. The molecular formula is C21H28ClN5O2S. The van der Waals surface area contributed by atoms with Gasteiger partial charge in [0, 0.05) is 50.4 Å². The van der Waals surface area contributed by atoms with Crippen LogP contribution in [0.3, 0.4) is 0 Å². The number of benzene rings is 1. The van der Waals surface area contributed by atoms with Gasteiger partial charge in [-0.1, -0.05) is 17.7 Å². The third-order valence-corrected chi connectivity index (χ3v) is 8.14. The fourth-order valence-corrected chi connectivity index (χ4v) is 5.72. The second-order valence-corrected chi connectivity index (χ2v) is 10.3. The van der Waals surface area contributed by atoms with E-state index >= 15 is 0 Å². The highest BCUT2D eigenvalue weighted by atomic mass is 35.5. The molecule has 0 radical (unpaired) electrons. The first kappa shape index (κ1) is 21.3. The number of piperidine rings is 1. The molecule has 0 amide bonds. The van der Waals surface area contributed by atoms with Crippen LogP contribution in [0, 0.1) is 13.8 Å². The second kappa shape index (κ2) is 8.69. The molecule has 2 aliphatic rings. The van der Waals surface area contributed by atoms with Crippen molar-refractivity contribution < 1.29 is 8.42 Å². The van der Waals surface area contributed by atoms with Gasteiger partial charge in [-0.15, -0.1) is 0 Å². The van der Waals surface area contributed by atoms with Gasteiger partial charge in [-0.3, -0.25) is 0 Å². The third kappa shape index (κ3) is 4.40. The summed E-state index contributed by atoms with van der Waals surface area (Å²) >= 11 is 6.15. The van der Waals surface area contributed by atoms with E-state index in [4.69, 9.17) is 11.6 Å². The number of piperazine rings is 1. The van der Waals surface area contributed by atoms with Gasteiger partial charge < -0.3 is 9.80 Å². The van der Waals surface area contributed by atoms with Crippen molar-refractivity contribution in [1.29, 1.82) is 0 Å². The first-order valence-corrected chi connectivity index (χ1v) is 12.3. The molecule has 0 aliphatic carbocycles. The lowest BCUT2D eigenvalue weighted by atomic mass is 10.1. The Kier molecular flexibility index (Phi) is 6.18. The smallest absolute Gasteiger partial charge is 0.243 e. The summed E-state index contributed by atoms with van der Waals surface area (Å²) in [6.07, 6.45) is 3.66. The average Bonchev–Trinajstić information content (AvgIpc) is 2.76. The minimum absolute atomic E-state index is 0.247. The minimum atomic E-state index is -3.56. The molecule has 7 nitrogen and oxygen atoms in total. The fraction of sp³-hybridized carbons (Fsp3) is 0.524. The Balaban J connectivity index is 1.48. The number of sulfonamides is 1. The average molecular weight is 450 g/mol. The van der Waals surface area contributed by atoms with Crippen molar-refractivity contribution in [1.82, 2.24) is 14.3 Å². The van der Waals surface area contributed by atoms with Gasteiger partial charge in [-0.2, -0.15) is 4.31 Å². The molecule has 0 N–H and O–H groups in total. The van der Waals surface area contributed by atoms with Gasteiger partial charge in [0.1, 0.15) is 17.5 Å². The Hall–Kier alpha value is -1.90. The number of hydrogen-bond donors (Lipinski definition) is 0. The van der Waals surface area contributed by atoms with Crippen molar-refractivity contribution in [3.63, 3.8) is 0 Å². The van der Waals surface area contributed by atoms with Crippen LogP contribution >= 0.6 is 11.6 Å². The van der Waals surface area contributed by atoms with Crippen LogP contribution in [0.2, 0.25) is 5.02 Å². The number of halogens is 1. The molecule has 0 atom stereocenters. The van der Waals surface area contributed by atoms with Crippen LogP contribution in [-0.2, 0) is 10.0 Å². The SMILES string of the molecule is Cc1nc(N2CCCCC2)cc(N2CCN(S(=O)(=O)c3ccc(C)c(Cl)c3)CC2)n1. The van der Waals surface area contributed by atoms with Crippen LogP contribution < -0.4 is 9.80 Å². The van der Waals surface area contributed by atoms with Gasteiger partial charge >= 0.3 is 0 Å². The highest BCUT2D eigenvalue weighted by Gasteiger charge is 2.29. The Morgan fingerprint density at radius 2 is 1.43 bits per heavy atom. The van der Waals surface area contributed by atoms with E-state index in [0.29, 0.717) is 31.2 Å². The zero-order valence-corrected chi connectivity index (χ0v) is 19.1. The predicted octanol–water partition coefficient (Wildman–Crippen LogP) is 3.25. The second-order valence-electron chi connectivity index (χ2n) is 7.98. The molecule has 2 aliphatic heterocycles. The highest BCUT2D eigenvalue weighted by molar-refractivity contribution is 7.89. The van der Waals surface area contributed by atoms with Crippen LogP contribution in [-0.4, -0.2) is 62.0 Å². The molecule has 0 unspecified atom stereocenters. The quantitative estimate of drug-likeness (QED) is 0.713. The summed E-state index contributed by atoms with van der Waals surface area (Å²) < 4.78 is 27.6. The van der Waals surface area contributed by atoms with E-state index < -0.39 is 10.0 Å². The van der Waals surface area contributed by atoms with Crippen molar-refractivity contribution in [3.05, 3.63) is 40.7 Å². The molecule has 1 aromatic heterocycles. The van der Waals surface area contributed by atoms with Gasteiger partial charge in [-0.25, -0.2) is 18.4 Å². The van der Waals surface area contributed by atoms with Crippen molar-refractivity contribution in [2.24, 2.45) is 0 Å². The maximum Gasteiger partial charge on any atom is 0.243 e. The van der Waals surface area contributed by atoms with Crippen LogP contribution in [0.4, 0.5) is 11.6 Å². The number of hydrogen-bond acceptors (Lipinski definition) is 6. The lowest BCUT2D eigenvalue weighted by Gasteiger charge is -2.35. The summed E-state index contributed by atoms with van der Waals surface area (Å²) in [5.41, 5.74) is 0.865. The van der Waals surface area contributed by atoms with Crippen LogP contribution in [0.25, 0.3) is 0 Å². The van der Waals surface area contributed by atoms with Crippen molar-refractivity contribution in [2.45, 2.75) is 38.0 Å². The van der Waals surface area contributed by atoms with Gasteiger partial charge in [-0.05, 0) is 50.8 Å². The summed E-state index contributed by atoms with van der Waals surface area (Å²) in [4.78, 5) is 14.0. The summed E-state index contributed by atoms with van der Waals surface area (Å²) in [5, 5.41) is 0.469. The van der Waals surface area contributed by atoms with Crippen molar-refractivity contribution in [3.8, 4) is 0 Å². The maximum atomic E-state index is 13.0. The molecular weight excluding hydrogens is 422 g/mol. The Bertz CT molecular complexity index is 1020. The van der Waals surface area contributed by atoms with Gasteiger partial charge in [0.2, 0.25) is 10.0 Å². The zero-order chi connectivity index (χ0) is 21.3. The first-order chi connectivity index (χ1) is 14.3. The summed E-state index contributed by atoms with van der Waals surface area (Å²) in [6, 6.07) is 6.96. The largest absolute Gasteiger partial charge is 0.356 e. The molecule has 0 spiro atoms. The summed E-state index contributed by atoms with van der Waals surface area (Å²) in [6.45, 7) is 7.84. The van der Waals surface area contributed by atoms with Gasteiger partial charge in [0.05, 0.1) is 4.90 Å². The number of aromatic nitrogens is 2. The molecule has 9 heteroatoms. The Labute approximate surface area is 183 Å². The Morgan fingerprint density at radius 1 is 0.833 bits per heavy atom. The van der Waals surface area contributed by atoms with Crippen LogP contribution in [0.5, 0.6) is 0 Å². The van der Waals surface area contributed by atoms with Gasteiger partial charge in [0.25, 0.3) is 0 Å². The number of anilines is 2. The van der Waals surface area contributed by atoms with Crippen LogP contribution in [0.15, 0.2) is 29.2 Å². The van der Waals surface area contributed by atoms with E-state index in [2.05, 4.69) is 19.8 Å². The molecule has 4 rings (SSSR count). The van der Waals surface area contributed by atoms with E-state index in [9.17, 15) is 8.42 Å². The Morgan fingerprint density at radius 3 is 2.03 bits per heavy atom. The minimum Gasteiger partial charge on any atom is -0.356 e. The highest BCUT2D eigenvalue weighted by Crippen LogP contribution is 2.26. The molecule has 2 aromatic rings. The van der Waals surface area contributed by atoms with Gasteiger partial charge in [0.15, 0.2) is 0 Å². The molecule has 0 saturated carbocycles. The molecule has 2 fully saturated rings. The van der Waals surface area contributed by atoms with E-state index in [1.54, 1.807) is 12.1 Å². The molecule has 1 aromatic carbocycles. The summed E-state index contributed by atoms with van der Waals surface area (Å²) in [7, 11) is -3.56. The zero-order valence-electron chi connectivity index (χ0n) is 17.5. The monoisotopic (exact) mass is 449 g/mol. The lowest BCUT2D eigenvalue weighted by molar-refractivity contribution is 0.383. The third-order valence-electron chi connectivity index (χ3n) is 5.83. The topological polar surface area (TPSA) is 69.6 Å². The van der Waals surface area contributed by atoms with Crippen molar-refractivity contribution in [2.75, 3.05) is 49.1 Å². The first-order valence-electron chi connectivity index (χ1n) is 10.5. The van der Waals surface area contributed by atoms with E-state index in [0.717, 1.165) is 36.1 Å². The number of nitrogens with zero attached hydrogens (tertiary/aromatic N) is 5. The molecule has 162 valence electrons. The molecule has 30 heavy (non-hydrogen) atoms. The van der Waals surface area contributed by atoms with E-state index in [-0.39, 0.29) is 4.90 Å². The maximum absolute atomic E-state index is 13.0. The summed E-state index contributed by atoms with van der Waals surface area (Å²) in [5.74, 6) is 2.59. The normalized spacial score (nSPS) is 18.6. The van der Waals surface area contributed by atoms with E-state index in [1.165, 1.54) is 29.6 Å². The molecule has 2 saturated heterocycles. The molecule has 3 heterocycles. The predicted molar refractivity (Wildman–Crippen MR) is 120 cm³/mol. The van der Waals surface area contributed by atoms with E-state index in [1.807, 2.05) is 19.9 Å². The number of rotatable bonds is 4. The lowest BCUT2D eigenvalue weighted by Crippen LogP contribution is -2.49. The van der Waals surface area contributed by atoms with Crippen LogP contribution in [0.1, 0.15) is 30.7 Å². The standard InChI is InChI=1S/C21H28ClN5O2S/c1-16-6-7-18(14-19(16)22)30(28,29)27-12-10-26(11-13-27)21-15-20(23-17(2)24-21)25-8-4-3-5-9-25/h6-7,14-15H,3-5,8-13H2,1-2H3.